The van der Waals surface area contributed by atoms with Gasteiger partial charge < -0.3 is 9.64 Å². The summed E-state index contributed by atoms with van der Waals surface area (Å²) < 4.78 is 40.9. The number of nitriles is 1. The number of hydrogen-bond acceptors (Lipinski definition) is 4. The molecule has 0 atom stereocenters. The molecule has 0 saturated heterocycles. The van der Waals surface area contributed by atoms with Crippen LogP contribution in [0.4, 0.5) is 18.9 Å². The van der Waals surface area contributed by atoms with Crippen LogP contribution >= 0.6 is 0 Å². The van der Waals surface area contributed by atoms with Gasteiger partial charge in [0, 0.05) is 19.8 Å². The molecule has 0 heterocycles. The minimum absolute atomic E-state index is 0.388. The van der Waals surface area contributed by atoms with Crippen LogP contribution in [0.1, 0.15) is 12.0 Å². The molecule has 136 valence electrons. The second-order valence-electron chi connectivity index (χ2n) is 5.31. The number of nitrogens with zero attached hydrogens (tertiary/aromatic N) is 3. The van der Waals surface area contributed by atoms with Crippen LogP contribution in [-0.4, -0.2) is 32.8 Å². The van der Waals surface area contributed by atoms with Crippen LogP contribution in [0.25, 0.3) is 10.9 Å². The average molecular weight is 363 g/mol. The van der Waals surface area contributed by atoms with Gasteiger partial charge in [0.25, 0.3) is 5.70 Å². The van der Waals surface area contributed by atoms with Crippen molar-refractivity contribution in [2.45, 2.75) is 12.6 Å². The van der Waals surface area contributed by atoms with Crippen LogP contribution in [0, 0.1) is 17.9 Å². The van der Waals surface area contributed by atoms with E-state index in [2.05, 4.69) is 9.58 Å². The van der Waals surface area contributed by atoms with Crippen molar-refractivity contribution in [1.82, 2.24) is 0 Å². The highest BCUT2D eigenvalue weighted by Crippen LogP contribution is 2.20. The smallest absolute Gasteiger partial charge is 0.392 e. The molecule has 0 aliphatic rings. The highest BCUT2D eigenvalue weighted by atomic mass is 19.4. The normalized spacial score (nSPS) is 12.1. The van der Waals surface area contributed by atoms with Crippen LogP contribution in [0.3, 0.4) is 0 Å². The Hall–Kier alpha value is -3.26. The molecule has 1 aromatic carbocycles. The number of ether oxygens (including phenoxy) is 1. The van der Waals surface area contributed by atoms with Crippen molar-refractivity contribution in [2.24, 2.45) is 0 Å². The Labute approximate surface area is 149 Å². The first-order valence-corrected chi connectivity index (χ1v) is 7.39. The highest BCUT2D eigenvalue weighted by Gasteiger charge is 2.27. The molecule has 26 heavy (non-hydrogen) atoms. The molecule has 0 saturated carbocycles. The van der Waals surface area contributed by atoms with Crippen LogP contribution < -0.4 is 4.90 Å². The van der Waals surface area contributed by atoms with E-state index in [1.54, 1.807) is 18.2 Å². The van der Waals surface area contributed by atoms with Crippen molar-refractivity contribution in [3.63, 3.8) is 0 Å². The van der Waals surface area contributed by atoms with Gasteiger partial charge in [-0.15, -0.1) is 0 Å². The average Bonchev–Trinajstić information content (AvgIpc) is 2.57. The topological polar surface area (TPSA) is 57.7 Å². The van der Waals surface area contributed by atoms with Gasteiger partial charge in [0.1, 0.15) is 6.61 Å². The summed E-state index contributed by atoms with van der Waals surface area (Å²) in [6.45, 7) is 6.05. The van der Waals surface area contributed by atoms with Crippen molar-refractivity contribution in [3.05, 3.63) is 58.6 Å². The zero-order valence-electron chi connectivity index (χ0n) is 14.2. The zero-order valence-corrected chi connectivity index (χ0v) is 14.2. The number of anilines is 1. The van der Waals surface area contributed by atoms with Crippen LogP contribution in [0.15, 0.2) is 41.6 Å². The monoisotopic (exact) mass is 363 g/mol. The van der Waals surface area contributed by atoms with Gasteiger partial charge in [-0.2, -0.15) is 13.2 Å². The van der Waals surface area contributed by atoms with Gasteiger partial charge in [-0.05, 0) is 17.7 Å². The first-order valence-electron chi connectivity index (χ1n) is 7.39. The fourth-order valence-electron chi connectivity index (χ4n) is 1.79. The Morgan fingerprint density at radius 1 is 1.35 bits per heavy atom. The van der Waals surface area contributed by atoms with Crippen molar-refractivity contribution < 1.29 is 22.7 Å². The SMILES string of the molecule is [C-]#[N+]C(C#N)=C(C=Cc1ccc(N(C)C)cc1)C(=O)OCCC(F)(F)F. The molecule has 0 fully saturated rings. The van der Waals surface area contributed by atoms with Crippen molar-refractivity contribution in [2.75, 3.05) is 25.6 Å². The molecule has 0 spiro atoms. The first-order chi connectivity index (χ1) is 12.2. The number of rotatable bonds is 6. The third-order valence-electron chi connectivity index (χ3n) is 3.16. The number of carbonyl (C=O) groups excluding carboxylic acids is 1. The third-order valence-corrected chi connectivity index (χ3v) is 3.16. The van der Waals surface area contributed by atoms with Crippen molar-refractivity contribution in [3.8, 4) is 6.07 Å². The van der Waals surface area contributed by atoms with Gasteiger partial charge >= 0.3 is 12.1 Å². The molecule has 5 nitrogen and oxygen atoms in total. The van der Waals surface area contributed by atoms with Crippen molar-refractivity contribution >= 4 is 17.7 Å². The van der Waals surface area contributed by atoms with E-state index in [0.717, 1.165) is 5.69 Å². The minimum atomic E-state index is -4.47. The minimum Gasteiger partial charge on any atom is -0.463 e. The van der Waals surface area contributed by atoms with Crippen molar-refractivity contribution in [1.29, 1.82) is 5.26 Å². The molecule has 0 aromatic heterocycles. The molecular weight excluding hydrogens is 347 g/mol. The maximum absolute atomic E-state index is 12.1. The van der Waals surface area contributed by atoms with E-state index in [4.69, 9.17) is 11.8 Å². The number of benzene rings is 1. The van der Waals surface area contributed by atoms with E-state index in [1.807, 2.05) is 31.1 Å². The zero-order chi connectivity index (χ0) is 19.7. The molecule has 0 aliphatic carbocycles. The lowest BCUT2D eigenvalue weighted by Gasteiger charge is -2.11. The largest absolute Gasteiger partial charge is 0.463 e. The number of alkyl halides is 3. The van der Waals surface area contributed by atoms with E-state index in [1.165, 1.54) is 12.2 Å². The predicted octanol–water partition coefficient (Wildman–Crippen LogP) is 3.96. The number of carbonyl (C=O) groups is 1. The maximum Gasteiger partial charge on any atom is 0.392 e. The van der Waals surface area contributed by atoms with E-state index in [-0.39, 0.29) is 5.57 Å². The van der Waals surface area contributed by atoms with Crippen LogP contribution in [0.2, 0.25) is 0 Å². The Morgan fingerprint density at radius 2 is 1.96 bits per heavy atom. The standard InChI is InChI=1S/C18H16F3N3O2/c1-23-16(12-22)15(17(25)26-11-10-18(19,20)21)9-6-13-4-7-14(8-5-13)24(2)3/h4-9H,10-11H2,2-3H3. The highest BCUT2D eigenvalue weighted by molar-refractivity contribution is 5.95. The van der Waals surface area contributed by atoms with E-state index < -0.39 is 30.9 Å². The fraction of sp³-hybridized carbons (Fsp3) is 0.278. The Kier molecular flexibility index (Phi) is 7.42. The number of halogens is 3. The van der Waals surface area contributed by atoms with Crippen LogP contribution in [-0.2, 0) is 9.53 Å². The second-order valence-corrected chi connectivity index (χ2v) is 5.31. The lowest BCUT2D eigenvalue weighted by molar-refractivity contribution is -0.155. The summed E-state index contributed by atoms with van der Waals surface area (Å²) >= 11 is 0. The molecule has 0 bridgehead atoms. The van der Waals surface area contributed by atoms with Gasteiger partial charge in [-0.25, -0.2) is 14.9 Å². The number of esters is 1. The Morgan fingerprint density at radius 3 is 2.42 bits per heavy atom. The van der Waals surface area contributed by atoms with E-state index in [9.17, 15) is 18.0 Å². The predicted molar refractivity (Wildman–Crippen MR) is 90.7 cm³/mol. The quantitative estimate of drug-likeness (QED) is 0.252. The summed E-state index contributed by atoms with van der Waals surface area (Å²) in [7, 11) is 3.75. The molecule has 1 aromatic rings. The molecular formula is C18H16F3N3O2. The summed E-state index contributed by atoms with van der Waals surface area (Å²) in [5.41, 5.74) is 0.686. The van der Waals surface area contributed by atoms with Gasteiger partial charge in [-0.1, -0.05) is 24.3 Å². The van der Waals surface area contributed by atoms with Gasteiger partial charge in [0.15, 0.2) is 0 Å². The molecule has 0 amide bonds. The van der Waals surface area contributed by atoms with Gasteiger partial charge in [-0.3, -0.25) is 0 Å². The van der Waals surface area contributed by atoms with E-state index >= 15 is 0 Å². The first kappa shape index (κ1) is 20.8. The summed E-state index contributed by atoms with van der Waals surface area (Å²) in [6, 6.07) is 8.70. The molecule has 0 N–H and O–H groups in total. The summed E-state index contributed by atoms with van der Waals surface area (Å²) in [5, 5.41) is 8.95. The molecule has 0 aliphatic heterocycles. The van der Waals surface area contributed by atoms with Gasteiger partial charge in [0.05, 0.1) is 24.6 Å². The van der Waals surface area contributed by atoms with E-state index in [0.29, 0.717) is 5.56 Å². The Bertz CT molecular complexity index is 764. The number of allylic oxidation sites excluding steroid dienone is 1. The third kappa shape index (κ3) is 6.70. The fourth-order valence-corrected chi connectivity index (χ4v) is 1.79. The lowest BCUT2D eigenvalue weighted by Crippen LogP contribution is -2.15. The molecule has 0 unspecified atom stereocenters. The summed E-state index contributed by atoms with van der Waals surface area (Å²) in [4.78, 5) is 16.8. The van der Waals surface area contributed by atoms with Crippen LogP contribution in [0.5, 0.6) is 0 Å². The van der Waals surface area contributed by atoms with Gasteiger partial charge in [0.2, 0.25) is 0 Å². The summed E-state index contributed by atoms with van der Waals surface area (Å²) in [5.74, 6) is -1.15. The molecule has 0 radical (unpaired) electrons. The maximum atomic E-state index is 12.1. The summed E-state index contributed by atoms with van der Waals surface area (Å²) in [6.07, 6.45) is -3.10. The second kappa shape index (κ2) is 9.28. The molecule has 8 heteroatoms. The molecule has 1 rings (SSSR count). The lowest BCUT2D eigenvalue weighted by atomic mass is 10.1. The number of hydrogen-bond donors (Lipinski definition) is 0. The Balaban J connectivity index is 2.98.